The maximum atomic E-state index is 12.7. The third kappa shape index (κ3) is 4.12. The minimum absolute atomic E-state index is 0.0719. The highest BCUT2D eigenvalue weighted by atomic mass is 19.4. The van der Waals surface area contributed by atoms with Crippen molar-refractivity contribution >= 4 is 5.91 Å². The maximum Gasteiger partial charge on any atom is 0.416 e. The van der Waals surface area contributed by atoms with Gasteiger partial charge in [-0.1, -0.05) is 12.1 Å². The van der Waals surface area contributed by atoms with Gasteiger partial charge < -0.3 is 9.47 Å². The zero-order chi connectivity index (χ0) is 18.9. The Bertz CT molecular complexity index is 855. The minimum Gasteiger partial charge on any atom is -0.334 e. The second kappa shape index (κ2) is 6.93. The highest BCUT2D eigenvalue weighted by Gasteiger charge is 2.33. The predicted molar refractivity (Wildman–Crippen MR) is 88.3 cm³/mol. The maximum absolute atomic E-state index is 12.7. The van der Waals surface area contributed by atoms with Crippen molar-refractivity contribution in [1.29, 1.82) is 0 Å². The highest BCUT2D eigenvalue weighted by molar-refractivity contribution is 5.76. The molecule has 1 aliphatic carbocycles. The molecule has 1 amide bonds. The van der Waals surface area contributed by atoms with Crippen LogP contribution in [0, 0.1) is 6.92 Å². The van der Waals surface area contributed by atoms with Crippen molar-refractivity contribution in [3.05, 3.63) is 63.8 Å². The first kappa shape index (κ1) is 18.2. The van der Waals surface area contributed by atoms with E-state index < -0.39 is 11.7 Å². The Morgan fingerprint density at radius 3 is 2.42 bits per heavy atom. The largest absolute Gasteiger partial charge is 0.416 e. The molecule has 3 rings (SSSR count). The first-order valence-corrected chi connectivity index (χ1v) is 8.23. The lowest BCUT2D eigenvalue weighted by Gasteiger charge is -2.23. The number of halogens is 3. The van der Waals surface area contributed by atoms with E-state index in [9.17, 15) is 22.8 Å². The van der Waals surface area contributed by atoms with E-state index in [1.54, 1.807) is 11.8 Å². The van der Waals surface area contributed by atoms with Gasteiger partial charge in [-0.3, -0.25) is 14.6 Å². The molecule has 1 heterocycles. The average Bonchev–Trinajstić information content (AvgIpc) is 3.40. The van der Waals surface area contributed by atoms with Gasteiger partial charge >= 0.3 is 6.18 Å². The van der Waals surface area contributed by atoms with E-state index in [4.69, 9.17) is 0 Å². The topological polar surface area (TPSA) is 55.2 Å². The number of alkyl halides is 3. The van der Waals surface area contributed by atoms with Gasteiger partial charge in [0.25, 0.3) is 5.56 Å². The Hall–Kier alpha value is -2.64. The van der Waals surface area contributed by atoms with Crippen LogP contribution in [-0.4, -0.2) is 26.4 Å². The van der Waals surface area contributed by atoms with Crippen LogP contribution in [0.25, 0.3) is 0 Å². The van der Waals surface area contributed by atoms with E-state index in [2.05, 4.69) is 4.98 Å². The number of aryl methyl sites for hydroxylation is 1. The van der Waals surface area contributed by atoms with Crippen molar-refractivity contribution in [3.8, 4) is 0 Å². The first-order chi connectivity index (χ1) is 12.3. The van der Waals surface area contributed by atoms with Crippen molar-refractivity contribution in [2.24, 2.45) is 0 Å². The molecule has 0 spiro atoms. The number of carbonyl (C=O) groups is 1. The molecular formula is C18H18F3N3O2. The van der Waals surface area contributed by atoms with Gasteiger partial charge in [0, 0.05) is 24.5 Å². The Balaban J connectivity index is 1.75. The summed E-state index contributed by atoms with van der Waals surface area (Å²) in [5, 5.41) is 0. The van der Waals surface area contributed by atoms with Crippen LogP contribution in [0.1, 0.15) is 29.7 Å². The fraction of sp³-hybridized carbons (Fsp3) is 0.389. The molecule has 1 fully saturated rings. The Labute approximate surface area is 148 Å². The van der Waals surface area contributed by atoms with Crippen molar-refractivity contribution in [3.63, 3.8) is 0 Å². The van der Waals surface area contributed by atoms with E-state index in [0.717, 1.165) is 31.2 Å². The molecule has 5 nitrogen and oxygen atoms in total. The zero-order valence-electron chi connectivity index (χ0n) is 14.2. The number of carbonyl (C=O) groups excluding carboxylic acids is 1. The monoisotopic (exact) mass is 365 g/mol. The molecular weight excluding hydrogens is 347 g/mol. The molecule has 0 aliphatic heterocycles. The molecule has 1 aliphatic rings. The smallest absolute Gasteiger partial charge is 0.334 e. The van der Waals surface area contributed by atoms with Crippen molar-refractivity contribution in [2.45, 2.75) is 45.1 Å². The number of nitrogens with zero attached hydrogens (tertiary/aromatic N) is 3. The molecule has 26 heavy (non-hydrogen) atoms. The summed E-state index contributed by atoms with van der Waals surface area (Å²) in [6.45, 7) is 1.81. The van der Waals surface area contributed by atoms with Gasteiger partial charge in [0.1, 0.15) is 6.54 Å². The molecule has 0 radical (unpaired) electrons. The number of hydrogen-bond acceptors (Lipinski definition) is 3. The predicted octanol–water partition coefficient (Wildman–Crippen LogP) is 2.76. The molecule has 0 N–H and O–H groups in total. The van der Waals surface area contributed by atoms with E-state index in [0.29, 0.717) is 11.3 Å². The summed E-state index contributed by atoms with van der Waals surface area (Å²) in [7, 11) is 0. The van der Waals surface area contributed by atoms with Gasteiger partial charge in [-0.2, -0.15) is 13.2 Å². The third-order valence-electron chi connectivity index (χ3n) is 4.37. The van der Waals surface area contributed by atoms with Gasteiger partial charge in [0.2, 0.25) is 5.91 Å². The van der Waals surface area contributed by atoms with Gasteiger partial charge in [0.15, 0.2) is 0 Å². The van der Waals surface area contributed by atoms with Crippen molar-refractivity contribution < 1.29 is 18.0 Å². The van der Waals surface area contributed by atoms with E-state index in [1.165, 1.54) is 22.9 Å². The fourth-order valence-corrected chi connectivity index (χ4v) is 2.75. The van der Waals surface area contributed by atoms with Crippen LogP contribution in [0.4, 0.5) is 13.2 Å². The molecule has 0 bridgehead atoms. The van der Waals surface area contributed by atoms with E-state index in [1.807, 2.05) is 0 Å². The van der Waals surface area contributed by atoms with E-state index >= 15 is 0 Å². The summed E-state index contributed by atoms with van der Waals surface area (Å²) in [5.41, 5.74) is 0.126. The second-order valence-corrected chi connectivity index (χ2v) is 6.42. The lowest BCUT2D eigenvalue weighted by atomic mass is 10.1. The Morgan fingerprint density at radius 2 is 1.88 bits per heavy atom. The number of benzene rings is 1. The van der Waals surface area contributed by atoms with Gasteiger partial charge in [-0.05, 0) is 37.5 Å². The van der Waals surface area contributed by atoms with Gasteiger partial charge in [-0.15, -0.1) is 0 Å². The molecule has 0 unspecified atom stereocenters. The Morgan fingerprint density at radius 1 is 1.23 bits per heavy atom. The van der Waals surface area contributed by atoms with Crippen LogP contribution in [0.15, 0.2) is 41.5 Å². The third-order valence-corrected chi connectivity index (χ3v) is 4.37. The van der Waals surface area contributed by atoms with Gasteiger partial charge in [0.05, 0.1) is 11.8 Å². The Kier molecular flexibility index (Phi) is 4.84. The lowest BCUT2D eigenvalue weighted by Crippen LogP contribution is -2.38. The SMILES string of the molecule is Cc1cncc(=O)n1CC(=O)N(Cc1ccc(C(F)(F)F)cc1)C1CC1. The average molecular weight is 365 g/mol. The standard InChI is InChI=1S/C18H18F3N3O2/c1-12-8-22-9-16(25)23(12)11-17(26)24(15-6-7-15)10-13-2-4-14(5-3-13)18(19,20)21/h2-5,8-9,15H,6-7,10-11H2,1H3. The molecule has 2 aromatic rings. The van der Waals surface area contributed by atoms with Crippen LogP contribution < -0.4 is 5.56 Å². The van der Waals surface area contributed by atoms with Crippen LogP contribution >= 0.6 is 0 Å². The summed E-state index contributed by atoms with van der Waals surface area (Å²) >= 11 is 0. The van der Waals surface area contributed by atoms with Crippen LogP contribution in [-0.2, 0) is 24.1 Å². The second-order valence-electron chi connectivity index (χ2n) is 6.42. The van der Waals surface area contributed by atoms with E-state index in [-0.39, 0.29) is 30.6 Å². The van der Waals surface area contributed by atoms with Crippen molar-refractivity contribution in [2.75, 3.05) is 0 Å². The summed E-state index contributed by atoms with van der Waals surface area (Å²) in [6, 6.07) is 4.87. The van der Waals surface area contributed by atoms with Crippen LogP contribution in [0.2, 0.25) is 0 Å². The summed E-state index contributed by atoms with van der Waals surface area (Å²) in [6.07, 6.45) is -0.0125. The van der Waals surface area contributed by atoms with Crippen molar-refractivity contribution in [1.82, 2.24) is 14.5 Å². The van der Waals surface area contributed by atoms with Crippen LogP contribution in [0.3, 0.4) is 0 Å². The quantitative estimate of drug-likeness (QED) is 0.819. The first-order valence-electron chi connectivity index (χ1n) is 8.23. The van der Waals surface area contributed by atoms with Crippen LogP contribution in [0.5, 0.6) is 0 Å². The highest BCUT2D eigenvalue weighted by Crippen LogP contribution is 2.31. The molecule has 138 valence electrons. The molecule has 0 saturated heterocycles. The molecule has 1 aromatic heterocycles. The molecule has 1 saturated carbocycles. The lowest BCUT2D eigenvalue weighted by molar-refractivity contribution is -0.137. The zero-order valence-corrected chi connectivity index (χ0v) is 14.2. The fourth-order valence-electron chi connectivity index (χ4n) is 2.75. The molecule has 0 atom stereocenters. The summed E-state index contributed by atoms with van der Waals surface area (Å²) in [5.74, 6) is -0.233. The molecule has 1 aromatic carbocycles. The number of aromatic nitrogens is 2. The van der Waals surface area contributed by atoms with Gasteiger partial charge in [-0.25, -0.2) is 0 Å². The minimum atomic E-state index is -4.38. The number of rotatable bonds is 5. The molecule has 8 heteroatoms. The summed E-state index contributed by atoms with van der Waals surface area (Å²) in [4.78, 5) is 30.0. The normalized spacial score (nSPS) is 14.3. The number of hydrogen-bond donors (Lipinski definition) is 0. The summed E-state index contributed by atoms with van der Waals surface area (Å²) < 4.78 is 39.3. The number of amides is 1.